The summed E-state index contributed by atoms with van der Waals surface area (Å²) in [6, 6.07) is 8.37. The van der Waals surface area contributed by atoms with Crippen LogP contribution in [0, 0.1) is 0 Å². The zero-order chi connectivity index (χ0) is 25.6. The molecule has 1 heterocycles. The number of halogens is 1. The SMILES string of the molecule is COc1cc2c(cc1OC)[C@@H](Cc1cc(OC)c(OC)c(OC)c1)[N+](C)(CCCOC(C)=O)CC2.[Cl-]. The van der Waals surface area contributed by atoms with Crippen LogP contribution in [0.2, 0.25) is 0 Å². The first-order chi connectivity index (χ1) is 16.8. The Labute approximate surface area is 220 Å². The number of carbonyl (C=O) groups excluding carboxylic acids is 1. The van der Waals surface area contributed by atoms with Gasteiger partial charge in [-0.2, -0.15) is 0 Å². The van der Waals surface area contributed by atoms with Gasteiger partial charge >= 0.3 is 5.97 Å². The van der Waals surface area contributed by atoms with Crippen molar-refractivity contribution in [3.05, 3.63) is 41.0 Å². The Morgan fingerprint density at radius 1 is 0.889 bits per heavy atom. The van der Waals surface area contributed by atoms with Crippen molar-refractivity contribution in [2.75, 3.05) is 62.3 Å². The van der Waals surface area contributed by atoms with E-state index < -0.39 is 0 Å². The number of fused-ring (bicyclic) bond motifs is 1. The second-order valence-electron chi connectivity index (χ2n) is 9.03. The van der Waals surface area contributed by atoms with Crippen LogP contribution in [0.25, 0.3) is 0 Å². The molecule has 200 valence electrons. The summed E-state index contributed by atoms with van der Waals surface area (Å²) in [6.45, 7) is 3.69. The van der Waals surface area contributed by atoms with Crippen molar-refractivity contribution in [1.82, 2.24) is 0 Å². The third-order valence-corrected chi connectivity index (χ3v) is 6.92. The average molecular weight is 524 g/mol. The highest BCUT2D eigenvalue weighted by molar-refractivity contribution is 5.65. The van der Waals surface area contributed by atoms with E-state index in [-0.39, 0.29) is 24.4 Å². The molecule has 36 heavy (non-hydrogen) atoms. The summed E-state index contributed by atoms with van der Waals surface area (Å²) in [6.07, 6.45) is 2.46. The van der Waals surface area contributed by atoms with E-state index in [2.05, 4.69) is 19.2 Å². The molecule has 0 spiro atoms. The van der Waals surface area contributed by atoms with E-state index in [1.165, 1.54) is 18.1 Å². The number of quaternary nitrogens is 1. The molecule has 2 atom stereocenters. The Morgan fingerprint density at radius 2 is 1.47 bits per heavy atom. The molecule has 0 aliphatic carbocycles. The van der Waals surface area contributed by atoms with E-state index in [4.69, 9.17) is 28.4 Å². The summed E-state index contributed by atoms with van der Waals surface area (Å²) in [5.74, 6) is 3.05. The topological polar surface area (TPSA) is 72.5 Å². The minimum Gasteiger partial charge on any atom is -1.00 e. The number of benzene rings is 2. The third-order valence-electron chi connectivity index (χ3n) is 6.92. The van der Waals surface area contributed by atoms with E-state index in [0.717, 1.165) is 53.9 Å². The maximum Gasteiger partial charge on any atom is 0.302 e. The molecule has 1 unspecified atom stereocenters. The van der Waals surface area contributed by atoms with Gasteiger partial charge < -0.3 is 45.3 Å². The van der Waals surface area contributed by atoms with Gasteiger partial charge in [0.05, 0.1) is 62.3 Å². The molecule has 1 aliphatic rings. The van der Waals surface area contributed by atoms with Crippen molar-refractivity contribution in [3.63, 3.8) is 0 Å². The van der Waals surface area contributed by atoms with Crippen molar-refractivity contribution in [2.45, 2.75) is 32.2 Å². The maximum absolute atomic E-state index is 11.3. The van der Waals surface area contributed by atoms with Gasteiger partial charge in [0.15, 0.2) is 23.0 Å². The zero-order valence-electron chi connectivity index (χ0n) is 22.3. The molecule has 0 N–H and O–H groups in total. The van der Waals surface area contributed by atoms with E-state index in [1.807, 2.05) is 12.1 Å². The fourth-order valence-electron chi connectivity index (χ4n) is 5.05. The van der Waals surface area contributed by atoms with Crippen LogP contribution < -0.4 is 36.1 Å². The summed E-state index contributed by atoms with van der Waals surface area (Å²) < 4.78 is 34.0. The first-order valence-corrected chi connectivity index (χ1v) is 11.8. The van der Waals surface area contributed by atoms with Gasteiger partial charge in [-0.25, -0.2) is 0 Å². The normalized spacial score (nSPS) is 18.4. The van der Waals surface area contributed by atoms with Crippen LogP contribution in [0.15, 0.2) is 24.3 Å². The van der Waals surface area contributed by atoms with Crippen molar-refractivity contribution in [3.8, 4) is 28.7 Å². The molecule has 3 rings (SSSR count). The van der Waals surface area contributed by atoms with Crippen LogP contribution in [-0.4, -0.2) is 72.7 Å². The van der Waals surface area contributed by atoms with Gasteiger partial charge in [0.25, 0.3) is 0 Å². The fourth-order valence-corrected chi connectivity index (χ4v) is 5.05. The Bertz CT molecular complexity index is 1020. The van der Waals surface area contributed by atoms with Crippen LogP contribution in [0.4, 0.5) is 0 Å². The van der Waals surface area contributed by atoms with Gasteiger partial charge in [0.2, 0.25) is 5.75 Å². The molecule has 2 aromatic carbocycles. The molecule has 9 heteroatoms. The summed E-state index contributed by atoms with van der Waals surface area (Å²) in [4.78, 5) is 11.3. The predicted molar refractivity (Wildman–Crippen MR) is 133 cm³/mol. The van der Waals surface area contributed by atoms with E-state index in [1.54, 1.807) is 35.5 Å². The number of methoxy groups -OCH3 is 5. The van der Waals surface area contributed by atoms with Crippen LogP contribution in [-0.2, 0) is 22.4 Å². The van der Waals surface area contributed by atoms with Crippen LogP contribution in [0.5, 0.6) is 28.7 Å². The van der Waals surface area contributed by atoms with E-state index in [0.29, 0.717) is 23.9 Å². The lowest BCUT2D eigenvalue weighted by Gasteiger charge is -2.46. The first kappa shape index (κ1) is 29.4. The van der Waals surface area contributed by atoms with Gasteiger partial charge in [-0.3, -0.25) is 4.79 Å². The number of hydrogen-bond donors (Lipinski definition) is 0. The Hall–Kier alpha value is -2.84. The first-order valence-electron chi connectivity index (χ1n) is 11.8. The Kier molecular flexibility index (Phi) is 10.5. The Morgan fingerprint density at radius 3 is 2.00 bits per heavy atom. The van der Waals surface area contributed by atoms with Gasteiger partial charge in [-0.1, -0.05) is 0 Å². The molecule has 0 saturated carbocycles. The number of esters is 1. The number of likely N-dealkylation sites (N-methyl/N-ethyl adjacent to an activating group) is 1. The molecule has 0 aromatic heterocycles. The van der Waals surface area contributed by atoms with Crippen LogP contribution in [0.3, 0.4) is 0 Å². The second kappa shape index (κ2) is 12.9. The number of ether oxygens (including phenoxy) is 6. The summed E-state index contributed by atoms with van der Waals surface area (Å²) >= 11 is 0. The van der Waals surface area contributed by atoms with Crippen molar-refractivity contribution in [1.29, 1.82) is 0 Å². The van der Waals surface area contributed by atoms with Crippen LogP contribution >= 0.6 is 0 Å². The lowest BCUT2D eigenvalue weighted by molar-refractivity contribution is -0.941. The molecular formula is C27H38ClNO7. The number of rotatable bonds is 11. The molecule has 1 aliphatic heterocycles. The van der Waals surface area contributed by atoms with Gasteiger partial charge in [-0.15, -0.1) is 0 Å². The van der Waals surface area contributed by atoms with Crippen LogP contribution in [0.1, 0.15) is 36.1 Å². The van der Waals surface area contributed by atoms with E-state index in [9.17, 15) is 4.79 Å². The maximum atomic E-state index is 11.3. The number of hydrogen-bond acceptors (Lipinski definition) is 7. The fraction of sp³-hybridized carbons (Fsp3) is 0.519. The molecule has 0 amide bonds. The zero-order valence-corrected chi connectivity index (χ0v) is 23.1. The molecule has 0 bridgehead atoms. The largest absolute Gasteiger partial charge is 1.00 e. The van der Waals surface area contributed by atoms with Gasteiger partial charge in [0.1, 0.15) is 6.04 Å². The molecule has 0 radical (unpaired) electrons. The minimum absolute atomic E-state index is 0. The number of nitrogens with zero attached hydrogens (tertiary/aromatic N) is 1. The number of carbonyl (C=O) groups is 1. The monoisotopic (exact) mass is 523 g/mol. The molecule has 0 saturated heterocycles. The van der Waals surface area contributed by atoms with E-state index >= 15 is 0 Å². The molecule has 2 aromatic rings. The molecule has 0 fully saturated rings. The highest BCUT2D eigenvalue weighted by Crippen LogP contribution is 2.44. The van der Waals surface area contributed by atoms with Crippen molar-refractivity contribution < 1.29 is 50.1 Å². The van der Waals surface area contributed by atoms with Gasteiger partial charge in [0, 0.05) is 31.7 Å². The molecule has 8 nitrogen and oxygen atoms in total. The van der Waals surface area contributed by atoms with Crippen molar-refractivity contribution in [2.24, 2.45) is 0 Å². The van der Waals surface area contributed by atoms with Crippen molar-refractivity contribution >= 4 is 5.97 Å². The third kappa shape index (κ3) is 6.28. The smallest absolute Gasteiger partial charge is 0.302 e. The standard InChI is InChI=1S/C27H38NO7.ClH/c1-18(29)35-12-8-10-28(2)11-9-20-16-23(30-3)24(31-4)17-21(20)22(28)13-19-14-25(32-5)27(34-7)26(15-19)33-6;/h14-17,22H,8-13H2,1-7H3;1H/q+1;/p-1/t22-,28?;/m1./s1. The Balaban J connectivity index is 0.00000456. The lowest BCUT2D eigenvalue weighted by atomic mass is 9.86. The lowest BCUT2D eigenvalue weighted by Crippen LogP contribution is -3.00. The quantitative estimate of drug-likeness (QED) is 0.247. The summed E-state index contributed by atoms with van der Waals surface area (Å²) in [5.41, 5.74) is 3.57. The highest BCUT2D eigenvalue weighted by atomic mass is 35.5. The second-order valence-corrected chi connectivity index (χ2v) is 9.03. The minimum atomic E-state index is -0.248. The highest BCUT2D eigenvalue weighted by Gasteiger charge is 2.40. The predicted octanol–water partition coefficient (Wildman–Crippen LogP) is 0.973. The summed E-state index contributed by atoms with van der Waals surface area (Å²) in [7, 11) is 10.5. The average Bonchev–Trinajstić information content (AvgIpc) is 2.86. The summed E-state index contributed by atoms with van der Waals surface area (Å²) in [5, 5.41) is 0. The molecular weight excluding hydrogens is 486 g/mol. The van der Waals surface area contributed by atoms with Gasteiger partial charge in [-0.05, 0) is 35.4 Å².